The highest BCUT2D eigenvalue weighted by Crippen LogP contribution is 2.40. The first-order valence-corrected chi connectivity index (χ1v) is 10.7. The van der Waals surface area contributed by atoms with Gasteiger partial charge < -0.3 is 23.4 Å². The quantitative estimate of drug-likeness (QED) is 0.356. The van der Waals surface area contributed by atoms with Crippen LogP contribution in [0.4, 0.5) is 0 Å². The number of thiazole rings is 1. The molecule has 0 N–H and O–H groups in total. The van der Waals surface area contributed by atoms with Crippen LogP contribution >= 0.6 is 22.7 Å². The number of carbonyl (C=O) groups is 1. The summed E-state index contributed by atoms with van der Waals surface area (Å²) in [5, 5.41) is 12.3. The van der Waals surface area contributed by atoms with E-state index >= 15 is 0 Å². The molecule has 31 heavy (non-hydrogen) atoms. The Morgan fingerprint density at radius 3 is 2.48 bits per heavy atom. The van der Waals surface area contributed by atoms with Gasteiger partial charge in [0.25, 0.3) is 5.89 Å². The summed E-state index contributed by atoms with van der Waals surface area (Å²) in [5.41, 5.74) is 0.803. The molecule has 0 saturated heterocycles. The maximum atomic E-state index is 12.3. The minimum atomic E-state index is -0.563. The molecule has 0 amide bonds. The third-order valence-electron chi connectivity index (χ3n) is 4.15. The summed E-state index contributed by atoms with van der Waals surface area (Å²) in [5.74, 6) is 1.16. The zero-order valence-corrected chi connectivity index (χ0v) is 18.4. The summed E-state index contributed by atoms with van der Waals surface area (Å²) >= 11 is 2.94. The van der Waals surface area contributed by atoms with Gasteiger partial charge in [0.15, 0.2) is 23.8 Å². The Bertz CT molecular complexity index is 1160. The van der Waals surface area contributed by atoms with E-state index in [1.165, 1.54) is 32.7 Å². The average Bonchev–Trinajstić information content (AvgIpc) is 3.57. The normalized spacial score (nSPS) is 10.7. The fourth-order valence-corrected chi connectivity index (χ4v) is 4.32. The molecule has 0 unspecified atom stereocenters. The van der Waals surface area contributed by atoms with Crippen molar-refractivity contribution in [2.24, 2.45) is 0 Å². The largest absolute Gasteiger partial charge is 0.493 e. The number of rotatable bonds is 8. The van der Waals surface area contributed by atoms with Gasteiger partial charge in [0.2, 0.25) is 11.6 Å². The van der Waals surface area contributed by atoms with E-state index in [0.29, 0.717) is 22.8 Å². The summed E-state index contributed by atoms with van der Waals surface area (Å²) in [4.78, 5) is 17.6. The Morgan fingerprint density at radius 2 is 1.84 bits per heavy atom. The van der Waals surface area contributed by atoms with E-state index in [9.17, 15) is 4.79 Å². The number of methoxy groups -OCH3 is 3. The Morgan fingerprint density at radius 1 is 1.06 bits per heavy atom. The minimum absolute atomic E-state index is 0.144. The van der Waals surface area contributed by atoms with E-state index in [-0.39, 0.29) is 24.1 Å². The van der Waals surface area contributed by atoms with E-state index in [1.54, 1.807) is 28.8 Å². The van der Waals surface area contributed by atoms with Crippen molar-refractivity contribution in [1.82, 2.24) is 15.2 Å². The van der Waals surface area contributed by atoms with Crippen LogP contribution in [0.1, 0.15) is 16.4 Å². The molecule has 0 bridgehead atoms. The van der Waals surface area contributed by atoms with E-state index < -0.39 is 5.97 Å². The van der Waals surface area contributed by atoms with Crippen LogP contribution in [0.2, 0.25) is 0 Å². The number of esters is 1. The summed E-state index contributed by atoms with van der Waals surface area (Å²) in [6, 6.07) is 7.25. The number of aromatic nitrogens is 3. The molecular formula is C20H17N3O6S2. The molecule has 0 atom stereocenters. The van der Waals surface area contributed by atoms with Gasteiger partial charge in [-0.05, 0) is 23.6 Å². The van der Waals surface area contributed by atoms with Gasteiger partial charge in [-0.25, -0.2) is 9.78 Å². The van der Waals surface area contributed by atoms with Crippen molar-refractivity contribution in [3.63, 3.8) is 0 Å². The van der Waals surface area contributed by atoms with Gasteiger partial charge in [-0.3, -0.25) is 0 Å². The van der Waals surface area contributed by atoms with E-state index in [4.69, 9.17) is 23.4 Å². The van der Waals surface area contributed by atoms with Crippen molar-refractivity contribution >= 4 is 28.6 Å². The molecular weight excluding hydrogens is 442 g/mol. The first-order chi connectivity index (χ1) is 15.1. The maximum absolute atomic E-state index is 12.3. The SMILES string of the molecule is COc1cc(-c2nnc(COC(=O)c3csc(-c4cccs4)n3)o2)cc(OC)c1OC. The molecule has 0 aliphatic rings. The highest BCUT2D eigenvalue weighted by molar-refractivity contribution is 7.20. The second kappa shape index (κ2) is 9.14. The highest BCUT2D eigenvalue weighted by Gasteiger charge is 2.19. The molecule has 1 aromatic carbocycles. The van der Waals surface area contributed by atoms with Gasteiger partial charge in [-0.15, -0.1) is 32.9 Å². The number of benzene rings is 1. The minimum Gasteiger partial charge on any atom is -0.493 e. The lowest BCUT2D eigenvalue weighted by molar-refractivity contribution is 0.0433. The van der Waals surface area contributed by atoms with Crippen LogP contribution in [0.3, 0.4) is 0 Å². The van der Waals surface area contributed by atoms with Crippen molar-refractivity contribution in [2.75, 3.05) is 21.3 Å². The van der Waals surface area contributed by atoms with E-state index in [1.807, 2.05) is 17.5 Å². The zero-order valence-electron chi connectivity index (χ0n) is 16.8. The summed E-state index contributed by atoms with van der Waals surface area (Å²) in [7, 11) is 4.55. The highest BCUT2D eigenvalue weighted by atomic mass is 32.1. The van der Waals surface area contributed by atoms with Crippen molar-refractivity contribution in [2.45, 2.75) is 6.61 Å². The van der Waals surface area contributed by atoms with Gasteiger partial charge in [0.1, 0.15) is 5.01 Å². The average molecular weight is 460 g/mol. The topological polar surface area (TPSA) is 106 Å². The summed E-state index contributed by atoms with van der Waals surface area (Å²) in [6.45, 7) is -0.178. The monoisotopic (exact) mass is 459 g/mol. The second-order valence-corrected chi connectivity index (χ2v) is 7.81. The summed E-state index contributed by atoms with van der Waals surface area (Å²) in [6.07, 6.45) is 0. The van der Waals surface area contributed by atoms with Crippen LogP contribution in [0.15, 0.2) is 39.4 Å². The van der Waals surface area contributed by atoms with Gasteiger partial charge in [0, 0.05) is 10.9 Å². The lowest BCUT2D eigenvalue weighted by Crippen LogP contribution is -2.05. The van der Waals surface area contributed by atoms with E-state index in [0.717, 1.165) is 9.88 Å². The molecule has 0 saturated carbocycles. The number of hydrogen-bond donors (Lipinski definition) is 0. The molecule has 0 fully saturated rings. The first-order valence-electron chi connectivity index (χ1n) is 8.92. The van der Waals surface area contributed by atoms with Gasteiger partial charge in [0.05, 0.1) is 26.2 Å². The number of nitrogens with zero attached hydrogens (tertiary/aromatic N) is 3. The molecule has 4 aromatic rings. The summed E-state index contributed by atoms with van der Waals surface area (Å²) < 4.78 is 26.9. The molecule has 0 radical (unpaired) electrons. The number of thiophene rings is 1. The van der Waals surface area contributed by atoms with Crippen LogP contribution in [0.25, 0.3) is 21.3 Å². The molecule has 0 aliphatic heterocycles. The van der Waals surface area contributed by atoms with Crippen molar-refractivity contribution in [3.05, 3.63) is 46.6 Å². The third kappa shape index (κ3) is 4.37. The zero-order chi connectivity index (χ0) is 21.8. The fourth-order valence-electron chi connectivity index (χ4n) is 2.72. The molecule has 0 aliphatic carbocycles. The van der Waals surface area contributed by atoms with Gasteiger partial charge in [-0.2, -0.15) is 0 Å². The number of hydrogen-bond acceptors (Lipinski definition) is 11. The third-order valence-corrected chi connectivity index (χ3v) is 6.03. The van der Waals surface area contributed by atoms with Crippen LogP contribution in [-0.4, -0.2) is 42.5 Å². The Balaban J connectivity index is 1.45. The molecule has 160 valence electrons. The Labute approximate surface area is 185 Å². The molecule has 0 spiro atoms. The van der Waals surface area contributed by atoms with Crippen molar-refractivity contribution in [1.29, 1.82) is 0 Å². The predicted octanol–water partition coefficient (Wildman–Crippen LogP) is 4.30. The number of ether oxygens (including phenoxy) is 4. The van der Waals surface area contributed by atoms with Crippen LogP contribution in [0.5, 0.6) is 17.2 Å². The lowest BCUT2D eigenvalue weighted by atomic mass is 10.2. The fraction of sp³-hybridized carbons (Fsp3) is 0.200. The van der Waals surface area contributed by atoms with Crippen molar-refractivity contribution in [3.8, 4) is 38.6 Å². The maximum Gasteiger partial charge on any atom is 0.358 e. The Kier molecular flexibility index (Phi) is 6.14. The standard InChI is InChI=1S/C20H17N3O6S2/c1-25-13-7-11(8-14(26-2)17(13)27-3)18-23-22-16(29-18)9-28-20(24)12-10-31-19(21-12)15-5-4-6-30-15/h4-8,10H,9H2,1-3H3. The van der Waals surface area contributed by atoms with Crippen LogP contribution < -0.4 is 14.2 Å². The van der Waals surface area contributed by atoms with Crippen molar-refractivity contribution < 1.29 is 28.2 Å². The second-order valence-electron chi connectivity index (χ2n) is 6.01. The molecule has 9 nitrogen and oxygen atoms in total. The molecule has 3 aromatic heterocycles. The van der Waals surface area contributed by atoms with Gasteiger partial charge in [-0.1, -0.05) is 6.07 Å². The molecule has 3 heterocycles. The number of carbonyl (C=O) groups excluding carboxylic acids is 1. The molecule has 4 rings (SSSR count). The predicted molar refractivity (Wildman–Crippen MR) is 114 cm³/mol. The van der Waals surface area contributed by atoms with Crippen LogP contribution in [0, 0.1) is 0 Å². The van der Waals surface area contributed by atoms with E-state index in [2.05, 4.69) is 15.2 Å². The Hall–Kier alpha value is -3.44. The van der Waals surface area contributed by atoms with Crippen LogP contribution in [-0.2, 0) is 11.3 Å². The molecule has 11 heteroatoms. The first kappa shape index (κ1) is 20.8. The lowest BCUT2D eigenvalue weighted by Gasteiger charge is -2.12. The smallest absolute Gasteiger partial charge is 0.358 e. The van der Waals surface area contributed by atoms with Gasteiger partial charge >= 0.3 is 5.97 Å².